The number of hydrogen-bond donors (Lipinski definition) is 2. The fourth-order valence-corrected chi connectivity index (χ4v) is 14.1. The molecule has 5 aromatic heterocycles. The number of aliphatic imine (C=N–C) groups is 1. The van der Waals surface area contributed by atoms with E-state index in [0.717, 1.165) is 130 Å². The Morgan fingerprint density at radius 2 is 0.952 bits per heavy atom. The minimum absolute atomic E-state index is 0.303. The molecule has 9 heterocycles. The molecule has 0 amide bonds. The maximum atomic E-state index is 6.13. The van der Waals surface area contributed by atoms with Gasteiger partial charge in [0, 0.05) is 122 Å². The Kier molecular flexibility index (Phi) is 24.3. The fourth-order valence-electron chi connectivity index (χ4n) is 12.2. The van der Waals surface area contributed by atoms with E-state index in [0.29, 0.717) is 59.3 Å². The number of hydrogen-bond acceptors (Lipinski definition) is 16. The second-order valence-corrected chi connectivity index (χ2v) is 32.6. The number of halogens is 6. The summed E-state index contributed by atoms with van der Waals surface area (Å²) in [5.74, 6) is 6.25. The summed E-state index contributed by atoms with van der Waals surface area (Å²) in [6.07, 6.45) is 18.8. The van der Waals surface area contributed by atoms with E-state index in [9.17, 15) is 0 Å². The summed E-state index contributed by atoms with van der Waals surface area (Å²) in [5.41, 5.74) is 10.4. The van der Waals surface area contributed by atoms with Crippen molar-refractivity contribution in [2.75, 3.05) is 78.4 Å². The van der Waals surface area contributed by atoms with Gasteiger partial charge in [0.2, 0.25) is 11.9 Å². The monoisotopic (exact) mass is 1660 g/mol. The van der Waals surface area contributed by atoms with E-state index in [1.807, 2.05) is 85.5 Å². The van der Waals surface area contributed by atoms with Gasteiger partial charge in [-0.2, -0.15) is 25.3 Å². The molecule has 0 unspecified atom stereocenters. The summed E-state index contributed by atoms with van der Waals surface area (Å²) in [4.78, 5) is 26.9. The second kappa shape index (κ2) is 34.0. The van der Waals surface area contributed by atoms with Crippen molar-refractivity contribution >= 4 is 169 Å². The third-order valence-electron chi connectivity index (χ3n) is 19.9. The van der Waals surface area contributed by atoms with Crippen molar-refractivity contribution in [3.8, 4) is 11.3 Å². The predicted molar refractivity (Wildman–Crippen MR) is 436 cm³/mol. The SMILES string of the molecule is BrCC1CC1.Brc1ccc2c(c1)C=NC2.Brc1ccc2c(cnn2CC2CC2)c1.CC1(C)OB(c2ccc3c(cnn3CC3CC3)c2)OC1(C)C.Clc1ccc(Nc2cc(-c3ccc4c(cnn4CC4CC4)c3)nc(N3CCOCC3)n2)cc1.Clc1ccc(Nc2cc(Cl)nc(N3CCOCC3)n2)cc1. The first-order valence-electron chi connectivity index (χ1n) is 36.3. The van der Waals surface area contributed by atoms with Gasteiger partial charge < -0.3 is 39.2 Å². The molecule has 11 aromatic rings. The molecule has 105 heavy (non-hydrogen) atoms. The molecule has 4 aliphatic heterocycles. The van der Waals surface area contributed by atoms with Crippen LogP contribution in [0, 0.1) is 23.7 Å². The highest BCUT2D eigenvalue weighted by Crippen LogP contribution is 2.39. The molecule has 0 bridgehead atoms. The van der Waals surface area contributed by atoms with Gasteiger partial charge in [0.1, 0.15) is 16.8 Å². The molecule has 2 N–H and O–H groups in total. The summed E-state index contributed by atoms with van der Waals surface area (Å²) < 4.78 is 31.7. The lowest BCUT2D eigenvalue weighted by Crippen LogP contribution is -2.41. The summed E-state index contributed by atoms with van der Waals surface area (Å²) in [6, 6.07) is 44.1. The molecule has 19 nitrogen and oxygen atoms in total. The van der Waals surface area contributed by atoms with Crippen molar-refractivity contribution in [2.24, 2.45) is 28.7 Å². The normalized spacial score (nSPS) is 17.6. The predicted octanol–water partition coefficient (Wildman–Crippen LogP) is 18.6. The van der Waals surface area contributed by atoms with Crippen molar-refractivity contribution in [2.45, 2.75) is 116 Å². The lowest BCUT2D eigenvalue weighted by molar-refractivity contribution is 0.00578. The Labute approximate surface area is 654 Å². The zero-order chi connectivity index (χ0) is 72.6. The molecule has 26 heteroatoms. The van der Waals surface area contributed by atoms with Crippen LogP contribution in [0.1, 0.15) is 90.2 Å². The number of benzene rings is 6. The molecule has 4 saturated carbocycles. The molecule has 4 aliphatic carbocycles. The van der Waals surface area contributed by atoms with E-state index in [2.05, 4.69) is 207 Å². The summed E-state index contributed by atoms with van der Waals surface area (Å²) in [5, 5.41) is 26.7. The van der Waals surface area contributed by atoms with Gasteiger partial charge in [-0.3, -0.25) is 19.0 Å². The lowest BCUT2D eigenvalue weighted by Gasteiger charge is -2.32. The molecule has 8 aliphatic rings. The molecule has 19 rings (SSSR count). The van der Waals surface area contributed by atoms with Crippen LogP contribution in [0.5, 0.6) is 0 Å². The molecular weight excluding hydrogens is 1580 g/mol. The Morgan fingerprint density at radius 1 is 0.495 bits per heavy atom. The van der Waals surface area contributed by atoms with Crippen LogP contribution in [0.2, 0.25) is 15.2 Å². The maximum absolute atomic E-state index is 6.13. The smallest absolute Gasteiger partial charge is 0.399 e. The van der Waals surface area contributed by atoms with Gasteiger partial charge in [-0.15, -0.1) is 0 Å². The van der Waals surface area contributed by atoms with Crippen LogP contribution in [0.25, 0.3) is 44.0 Å². The zero-order valence-corrected chi connectivity index (χ0v) is 66.5. The Bertz CT molecular complexity index is 4790. The van der Waals surface area contributed by atoms with Crippen molar-refractivity contribution in [3.05, 3.63) is 187 Å². The first-order chi connectivity index (χ1) is 50.9. The summed E-state index contributed by atoms with van der Waals surface area (Å²) in [6.45, 7) is 18.1. The molecule has 546 valence electrons. The number of fused-ring (bicyclic) bond motifs is 4. The van der Waals surface area contributed by atoms with Crippen molar-refractivity contribution in [1.82, 2.24) is 49.3 Å². The minimum Gasteiger partial charge on any atom is -0.399 e. The number of aromatic nitrogens is 10. The van der Waals surface area contributed by atoms with Gasteiger partial charge in [0.05, 0.1) is 85.0 Å². The number of ether oxygens (including phenoxy) is 2. The van der Waals surface area contributed by atoms with Gasteiger partial charge in [0.15, 0.2) is 0 Å². The maximum Gasteiger partial charge on any atom is 0.494 e. The topological polar surface area (TPSA) is 185 Å². The van der Waals surface area contributed by atoms with E-state index in [-0.39, 0.29) is 18.3 Å². The first-order valence-corrected chi connectivity index (χ1v) is 40.1. The quantitative estimate of drug-likeness (QED) is 0.0561. The van der Waals surface area contributed by atoms with Crippen molar-refractivity contribution < 1.29 is 18.8 Å². The van der Waals surface area contributed by atoms with Gasteiger partial charge in [0.25, 0.3) is 0 Å². The largest absolute Gasteiger partial charge is 0.494 e. The molecule has 0 radical (unpaired) electrons. The number of anilines is 6. The number of nitrogens with zero attached hydrogens (tertiary/aromatic N) is 13. The van der Waals surface area contributed by atoms with Gasteiger partial charge in [-0.1, -0.05) is 107 Å². The van der Waals surface area contributed by atoms with Gasteiger partial charge >= 0.3 is 7.12 Å². The third kappa shape index (κ3) is 20.4. The molecule has 3 saturated heterocycles. The average molecular weight is 1670 g/mol. The number of nitrogens with one attached hydrogen (secondary N) is 2. The molecule has 0 atom stereocenters. The van der Waals surface area contributed by atoms with Crippen LogP contribution in [0.4, 0.5) is 34.9 Å². The standard InChI is InChI=1S/C25H25ClN6O.C17H23BN2O2.C14H14Cl2N4O.C11H11BrN2.C8H6BrN.C4H7Br/c26-20-4-6-21(7-5-20)28-24-14-22(29-25(30-24)31-9-11-33-12-10-31)18-3-8-23-19(13-18)15-27-32(23)16-17-1-2-17;1-16(2)17(3,4)22-18(21-16)14-7-8-15-13(9-14)10-19-20(15)11-12-5-6-12;15-10-1-3-11(4-2-10)17-13-9-12(16)18-14(19-13)20-5-7-21-8-6-20;12-10-3-4-11-9(5-10)6-13-14(11)7-8-1-2-8;9-8-2-1-6-4-10-5-7(6)3-8;5-3-4-1-2-4/h3-8,13-15,17H,1-2,9-12,16H2,(H,28,29,30);7-10,12H,5-6,11H2,1-4H3;1-4,9H,5-8H2,(H,17,18,19);3-6,8H,1-2,7H2;1-3,5H,4H2;4H,1-3H2. The summed E-state index contributed by atoms with van der Waals surface area (Å²) >= 11 is 28.3. The zero-order valence-electron chi connectivity index (χ0n) is 59.5. The minimum atomic E-state index is -0.304. The number of morpholine rings is 2. The van der Waals surface area contributed by atoms with Crippen LogP contribution >= 0.6 is 82.6 Å². The van der Waals surface area contributed by atoms with Gasteiger partial charge in [-0.25, -0.2) is 9.97 Å². The van der Waals surface area contributed by atoms with Crippen LogP contribution in [-0.4, -0.2) is 132 Å². The molecular formula is C79H86BBr3Cl3N15O4. The van der Waals surface area contributed by atoms with Crippen LogP contribution < -0.4 is 25.9 Å². The van der Waals surface area contributed by atoms with E-state index >= 15 is 0 Å². The highest BCUT2D eigenvalue weighted by atomic mass is 79.9. The van der Waals surface area contributed by atoms with Crippen molar-refractivity contribution in [3.63, 3.8) is 0 Å². The Balaban J connectivity index is 0.000000114. The average Bonchev–Trinajstić information content (AvgIpc) is 1.57. The third-order valence-corrected chi connectivity index (χ3v) is 22.5. The first kappa shape index (κ1) is 74.8. The highest BCUT2D eigenvalue weighted by Gasteiger charge is 2.52. The molecule has 7 fully saturated rings. The van der Waals surface area contributed by atoms with Gasteiger partial charge in [-0.05, 0) is 216 Å². The fraction of sp³-hybridized carbons (Fsp3) is 0.392. The van der Waals surface area contributed by atoms with E-state index in [1.54, 1.807) is 6.07 Å². The molecule has 6 aromatic carbocycles. The van der Waals surface area contributed by atoms with Crippen LogP contribution in [0.15, 0.2) is 166 Å². The Morgan fingerprint density at radius 3 is 1.46 bits per heavy atom. The number of alkyl halides is 1. The second-order valence-electron chi connectivity index (χ2n) is 28.9. The molecule has 0 spiro atoms. The van der Waals surface area contributed by atoms with E-state index in [1.165, 1.54) is 89.8 Å². The van der Waals surface area contributed by atoms with Crippen LogP contribution in [0.3, 0.4) is 0 Å². The Hall–Kier alpha value is -7.03. The van der Waals surface area contributed by atoms with E-state index < -0.39 is 0 Å². The van der Waals surface area contributed by atoms with Crippen molar-refractivity contribution in [1.29, 1.82) is 0 Å². The highest BCUT2D eigenvalue weighted by molar-refractivity contribution is 9.10. The lowest BCUT2D eigenvalue weighted by atomic mass is 9.79. The van der Waals surface area contributed by atoms with Crippen LogP contribution in [-0.2, 0) is 45.0 Å². The number of rotatable bonds is 15. The van der Waals surface area contributed by atoms with E-state index in [4.69, 9.17) is 63.6 Å². The summed E-state index contributed by atoms with van der Waals surface area (Å²) in [7, 11) is -0.304.